The number of rotatable bonds is 6. The zero-order valence-corrected chi connectivity index (χ0v) is 22.1. The Morgan fingerprint density at radius 1 is 1.11 bits per heavy atom. The second-order valence-corrected chi connectivity index (χ2v) is 12.1. The molecule has 11 nitrogen and oxygen atoms in total. The van der Waals surface area contributed by atoms with Crippen LogP contribution in [0.2, 0.25) is 0 Å². The molecule has 37 heavy (non-hydrogen) atoms. The molecule has 0 radical (unpaired) electrons. The van der Waals surface area contributed by atoms with E-state index in [2.05, 4.69) is 39.1 Å². The summed E-state index contributed by atoms with van der Waals surface area (Å²) in [6.07, 6.45) is 5.76. The Morgan fingerprint density at radius 3 is 2.68 bits per heavy atom. The van der Waals surface area contributed by atoms with Crippen LogP contribution in [0.25, 0.3) is 10.8 Å². The number of aliphatic hydroxyl groups excluding tert-OH is 1. The number of ether oxygens (including phenoxy) is 1. The summed E-state index contributed by atoms with van der Waals surface area (Å²) >= 11 is 0. The molecule has 2 fully saturated rings. The number of fused-ring (bicyclic) bond motifs is 1. The normalized spacial score (nSPS) is 22.0. The van der Waals surface area contributed by atoms with Crippen LogP contribution in [0.4, 0.5) is 23.4 Å². The summed E-state index contributed by atoms with van der Waals surface area (Å²) in [5.74, 6) is 2.77. The van der Waals surface area contributed by atoms with Crippen LogP contribution in [0.1, 0.15) is 38.2 Å². The summed E-state index contributed by atoms with van der Waals surface area (Å²) in [7, 11) is -1.52. The van der Waals surface area contributed by atoms with Gasteiger partial charge in [-0.25, -0.2) is 23.4 Å². The molecular weight excluding hydrogens is 494 g/mol. The molecule has 2 aliphatic rings. The summed E-state index contributed by atoms with van der Waals surface area (Å²) in [5, 5.41) is 15.4. The Bertz CT molecular complexity index is 1380. The second-order valence-electron chi connectivity index (χ2n) is 9.94. The molecule has 198 valence electrons. The molecule has 3 aromatic heterocycles. The van der Waals surface area contributed by atoms with Crippen molar-refractivity contribution < 1.29 is 18.3 Å². The van der Waals surface area contributed by atoms with E-state index in [1.165, 1.54) is 0 Å². The van der Waals surface area contributed by atoms with Gasteiger partial charge in [0.15, 0.2) is 9.84 Å². The van der Waals surface area contributed by atoms with Crippen molar-refractivity contribution in [3.63, 3.8) is 0 Å². The van der Waals surface area contributed by atoms with Crippen LogP contribution in [-0.4, -0.2) is 84.0 Å². The fourth-order valence-electron chi connectivity index (χ4n) is 5.00. The van der Waals surface area contributed by atoms with Gasteiger partial charge in [0.2, 0.25) is 5.95 Å². The summed E-state index contributed by atoms with van der Waals surface area (Å²) in [5.41, 5.74) is 1.06. The third-order valence-corrected chi connectivity index (χ3v) is 8.56. The van der Waals surface area contributed by atoms with E-state index in [1.807, 2.05) is 22.1 Å². The number of β-amino-alcohol motifs (C(OH)–C–C–N with tert-alkyl or cyclic N) is 1. The van der Waals surface area contributed by atoms with Gasteiger partial charge < -0.3 is 25.0 Å². The van der Waals surface area contributed by atoms with Crippen LogP contribution in [0.15, 0.2) is 30.7 Å². The van der Waals surface area contributed by atoms with Crippen LogP contribution < -0.4 is 15.1 Å². The van der Waals surface area contributed by atoms with Gasteiger partial charge in [-0.2, -0.15) is 4.98 Å². The summed E-state index contributed by atoms with van der Waals surface area (Å²) in [6, 6.07) is 3.73. The number of hydrogen-bond donors (Lipinski definition) is 2. The Kier molecular flexibility index (Phi) is 7.15. The first-order chi connectivity index (χ1) is 17.7. The van der Waals surface area contributed by atoms with E-state index in [1.54, 1.807) is 25.6 Å². The highest BCUT2D eigenvalue weighted by Gasteiger charge is 2.29. The number of pyridine rings is 2. The minimum absolute atomic E-state index is 0.0316. The number of sulfone groups is 1. The van der Waals surface area contributed by atoms with Crippen LogP contribution in [-0.2, 0) is 14.6 Å². The molecule has 0 aromatic carbocycles. The fourth-order valence-corrected chi connectivity index (χ4v) is 6.42. The second kappa shape index (κ2) is 10.3. The predicted molar refractivity (Wildman–Crippen MR) is 143 cm³/mol. The van der Waals surface area contributed by atoms with E-state index >= 15 is 0 Å². The molecule has 2 N–H and O–H groups in total. The number of aliphatic hydroxyl groups is 1. The maximum absolute atomic E-state index is 12.3. The van der Waals surface area contributed by atoms with Gasteiger partial charge in [0, 0.05) is 50.7 Å². The Balaban J connectivity index is 1.43. The van der Waals surface area contributed by atoms with Crippen LogP contribution in [0.5, 0.6) is 0 Å². The number of nitrogens with zero attached hydrogens (tertiary/aromatic N) is 6. The zero-order valence-electron chi connectivity index (χ0n) is 21.3. The van der Waals surface area contributed by atoms with E-state index in [4.69, 9.17) is 4.74 Å². The summed E-state index contributed by atoms with van der Waals surface area (Å²) in [4.78, 5) is 22.1. The van der Waals surface area contributed by atoms with Crippen LogP contribution in [0.3, 0.4) is 0 Å². The Hall–Kier alpha value is -3.09. The van der Waals surface area contributed by atoms with Crippen molar-refractivity contribution in [1.29, 1.82) is 0 Å². The molecule has 0 aliphatic carbocycles. The van der Waals surface area contributed by atoms with E-state index in [-0.39, 0.29) is 23.7 Å². The summed E-state index contributed by atoms with van der Waals surface area (Å²) < 4.78 is 29.9. The van der Waals surface area contributed by atoms with Crippen LogP contribution in [0, 0.1) is 0 Å². The number of piperidine rings is 1. The number of methoxy groups -OCH3 is 1. The average Bonchev–Trinajstić information content (AvgIpc) is 2.87. The molecule has 5 rings (SSSR count). The average molecular weight is 528 g/mol. The van der Waals surface area contributed by atoms with Crippen molar-refractivity contribution in [2.45, 2.75) is 44.8 Å². The van der Waals surface area contributed by atoms with Crippen molar-refractivity contribution in [2.75, 3.05) is 53.5 Å². The number of anilines is 4. The largest absolute Gasteiger partial charge is 0.389 e. The Morgan fingerprint density at radius 2 is 1.95 bits per heavy atom. The quantitative estimate of drug-likeness (QED) is 0.490. The lowest BCUT2D eigenvalue weighted by atomic mass is 9.99. The van der Waals surface area contributed by atoms with Gasteiger partial charge >= 0.3 is 0 Å². The maximum atomic E-state index is 12.3. The number of nitrogens with one attached hydrogen (secondary N) is 1. The minimum atomic E-state index is -3.13. The molecule has 0 spiro atoms. The Labute approximate surface area is 216 Å². The molecule has 0 amide bonds. The highest BCUT2D eigenvalue weighted by molar-refractivity contribution is 7.91. The number of hydrogen-bond acceptors (Lipinski definition) is 11. The fraction of sp³-hybridized carbons (Fsp3) is 0.520. The van der Waals surface area contributed by atoms with Gasteiger partial charge in [-0.1, -0.05) is 13.8 Å². The van der Waals surface area contributed by atoms with Gasteiger partial charge in [0.1, 0.15) is 23.3 Å². The SMILES string of the molecule is CO[C@@H]1CCN(c2nccc(Nc3cc4c(C(C)C)cnc(N5CCCS(=O)(=O)C5)c4cn3)n2)C[C@@H]1O. The third kappa shape index (κ3) is 5.46. The van der Waals surface area contributed by atoms with Gasteiger partial charge in [-0.05, 0) is 41.8 Å². The molecule has 0 unspecified atom stereocenters. The molecule has 12 heteroatoms. The van der Waals surface area contributed by atoms with Gasteiger partial charge in [0.05, 0.1) is 18.0 Å². The lowest BCUT2D eigenvalue weighted by Gasteiger charge is -2.35. The van der Waals surface area contributed by atoms with E-state index in [0.29, 0.717) is 55.9 Å². The molecule has 3 aromatic rings. The van der Waals surface area contributed by atoms with Crippen molar-refractivity contribution >= 4 is 44.0 Å². The lowest BCUT2D eigenvalue weighted by Crippen LogP contribution is -2.48. The zero-order chi connectivity index (χ0) is 26.2. The van der Waals surface area contributed by atoms with Gasteiger partial charge in [-0.15, -0.1) is 0 Å². The molecule has 0 saturated carbocycles. The van der Waals surface area contributed by atoms with E-state index in [9.17, 15) is 13.5 Å². The first-order valence-electron chi connectivity index (χ1n) is 12.5. The molecule has 0 bridgehead atoms. The first kappa shape index (κ1) is 25.6. The minimum Gasteiger partial charge on any atom is -0.389 e. The smallest absolute Gasteiger partial charge is 0.227 e. The maximum Gasteiger partial charge on any atom is 0.227 e. The van der Waals surface area contributed by atoms with Crippen molar-refractivity contribution in [2.24, 2.45) is 0 Å². The van der Waals surface area contributed by atoms with E-state index < -0.39 is 15.9 Å². The summed E-state index contributed by atoms with van der Waals surface area (Å²) in [6.45, 7) is 5.94. The van der Waals surface area contributed by atoms with Gasteiger partial charge in [0.25, 0.3) is 0 Å². The van der Waals surface area contributed by atoms with Gasteiger partial charge in [-0.3, -0.25) is 0 Å². The molecule has 2 atom stereocenters. The molecular formula is C25H33N7O4S. The third-order valence-electron chi connectivity index (χ3n) is 6.94. The molecule has 5 heterocycles. The van der Waals surface area contributed by atoms with Crippen LogP contribution >= 0.6 is 0 Å². The van der Waals surface area contributed by atoms with Crippen molar-refractivity contribution in [3.8, 4) is 0 Å². The monoisotopic (exact) mass is 527 g/mol. The van der Waals surface area contributed by atoms with Crippen molar-refractivity contribution in [3.05, 3.63) is 36.3 Å². The lowest BCUT2D eigenvalue weighted by molar-refractivity contribution is -0.0219. The number of aromatic nitrogens is 4. The highest BCUT2D eigenvalue weighted by Crippen LogP contribution is 2.33. The first-order valence-corrected chi connectivity index (χ1v) is 14.4. The van der Waals surface area contributed by atoms with Crippen molar-refractivity contribution in [1.82, 2.24) is 19.9 Å². The topological polar surface area (TPSA) is 134 Å². The molecule has 2 saturated heterocycles. The predicted octanol–water partition coefficient (Wildman–Crippen LogP) is 2.46. The van der Waals surface area contributed by atoms with E-state index in [0.717, 1.165) is 16.3 Å². The highest BCUT2D eigenvalue weighted by atomic mass is 32.2. The standard InChI is InChI=1S/C25H33N7O4S/c1-16(2)18-12-28-24(32-8-4-10-37(34,35)15-32)19-13-27-23(11-17(18)19)29-22-5-7-26-25(30-22)31-9-6-21(36-3)20(33)14-31/h5,7,11-13,16,20-21,33H,4,6,8-10,14-15H2,1-3H3,(H,26,27,29,30)/t20-,21+/m0/s1. The molecule has 2 aliphatic heterocycles.